The van der Waals surface area contributed by atoms with Gasteiger partial charge in [-0.2, -0.15) is 0 Å². The van der Waals surface area contributed by atoms with Gasteiger partial charge < -0.3 is 5.32 Å². The highest BCUT2D eigenvalue weighted by atomic mass is 35.5. The number of para-hydroxylation sites is 1. The molecule has 3 aromatic rings. The number of hydrogen-bond acceptors (Lipinski definition) is 4. The summed E-state index contributed by atoms with van der Waals surface area (Å²) >= 11 is 7.42. The SMILES string of the molecule is O=C(CCSc1ccc(Cl)cc1)Nc1ccc(S(=O)(=O)Nc2ccccc2)cc1. The van der Waals surface area contributed by atoms with Gasteiger partial charge in [-0.25, -0.2) is 8.42 Å². The first-order valence-electron chi connectivity index (χ1n) is 8.78. The van der Waals surface area contributed by atoms with Gasteiger partial charge in [0.2, 0.25) is 5.91 Å². The van der Waals surface area contributed by atoms with Gasteiger partial charge >= 0.3 is 0 Å². The molecule has 0 unspecified atom stereocenters. The van der Waals surface area contributed by atoms with Crippen molar-refractivity contribution in [2.75, 3.05) is 15.8 Å². The van der Waals surface area contributed by atoms with Crippen LogP contribution in [0.2, 0.25) is 5.02 Å². The third-order valence-corrected chi connectivity index (χ3v) is 6.55. The number of amides is 1. The highest BCUT2D eigenvalue weighted by Gasteiger charge is 2.14. The van der Waals surface area contributed by atoms with E-state index in [1.165, 1.54) is 12.1 Å². The molecule has 0 radical (unpaired) electrons. The third-order valence-electron chi connectivity index (χ3n) is 3.89. The molecule has 0 heterocycles. The van der Waals surface area contributed by atoms with E-state index in [9.17, 15) is 13.2 Å². The highest BCUT2D eigenvalue weighted by Crippen LogP contribution is 2.22. The van der Waals surface area contributed by atoms with Gasteiger partial charge in [-0.05, 0) is 60.7 Å². The molecule has 0 atom stereocenters. The molecule has 29 heavy (non-hydrogen) atoms. The van der Waals surface area contributed by atoms with E-state index in [0.29, 0.717) is 28.6 Å². The van der Waals surface area contributed by atoms with Gasteiger partial charge in [0.05, 0.1) is 4.90 Å². The first-order chi connectivity index (χ1) is 13.9. The fourth-order valence-electron chi connectivity index (χ4n) is 2.45. The van der Waals surface area contributed by atoms with Crippen molar-refractivity contribution in [2.24, 2.45) is 0 Å². The first-order valence-corrected chi connectivity index (χ1v) is 11.6. The number of carbonyl (C=O) groups excluding carboxylic acids is 1. The zero-order valence-electron chi connectivity index (χ0n) is 15.3. The van der Waals surface area contributed by atoms with Gasteiger partial charge in [0, 0.05) is 33.5 Å². The topological polar surface area (TPSA) is 75.3 Å². The molecule has 0 aliphatic carbocycles. The zero-order valence-corrected chi connectivity index (χ0v) is 17.7. The lowest BCUT2D eigenvalue weighted by Gasteiger charge is -2.09. The number of benzene rings is 3. The van der Waals surface area contributed by atoms with E-state index in [1.54, 1.807) is 48.2 Å². The number of carbonyl (C=O) groups is 1. The second-order valence-electron chi connectivity index (χ2n) is 6.10. The molecule has 0 aliphatic rings. The van der Waals surface area contributed by atoms with E-state index in [4.69, 9.17) is 11.6 Å². The van der Waals surface area contributed by atoms with Gasteiger partial charge in [-0.3, -0.25) is 9.52 Å². The average Bonchev–Trinajstić information content (AvgIpc) is 2.70. The summed E-state index contributed by atoms with van der Waals surface area (Å²) in [5.74, 6) is 0.491. The molecule has 0 saturated heterocycles. The van der Waals surface area contributed by atoms with Crippen LogP contribution < -0.4 is 10.0 Å². The first kappa shape index (κ1) is 21.2. The molecular weight excluding hydrogens is 428 g/mol. The van der Waals surface area contributed by atoms with Crippen LogP contribution in [0, 0.1) is 0 Å². The Labute approximate surface area is 179 Å². The Balaban J connectivity index is 1.51. The minimum Gasteiger partial charge on any atom is -0.326 e. The maximum Gasteiger partial charge on any atom is 0.261 e. The van der Waals surface area contributed by atoms with Crippen LogP contribution in [0.1, 0.15) is 6.42 Å². The molecule has 0 saturated carbocycles. The fraction of sp³-hybridized carbons (Fsp3) is 0.0952. The lowest BCUT2D eigenvalue weighted by molar-refractivity contribution is -0.115. The summed E-state index contributed by atoms with van der Waals surface area (Å²) in [5.41, 5.74) is 1.04. The minimum absolute atomic E-state index is 0.123. The molecule has 0 aliphatic heterocycles. The number of hydrogen-bond donors (Lipinski definition) is 2. The summed E-state index contributed by atoms with van der Waals surface area (Å²) in [5, 5.41) is 3.45. The Morgan fingerprint density at radius 3 is 2.17 bits per heavy atom. The Kier molecular flexibility index (Phi) is 7.19. The molecule has 3 rings (SSSR count). The van der Waals surface area contributed by atoms with Crippen LogP contribution in [-0.4, -0.2) is 20.1 Å². The van der Waals surface area contributed by atoms with Crippen LogP contribution >= 0.6 is 23.4 Å². The average molecular weight is 447 g/mol. The standard InChI is InChI=1S/C21H19ClN2O3S2/c22-16-6-10-19(11-7-16)28-15-14-21(25)23-17-8-12-20(13-9-17)29(26,27)24-18-4-2-1-3-5-18/h1-13,24H,14-15H2,(H,23,25). The van der Waals surface area contributed by atoms with E-state index >= 15 is 0 Å². The number of sulfonamides is 1. The lowest BCUT2D eigenvalue weighted by Crippen LogP contribution is -2.14. The molecule has 0 fully saturated rings. The number of anilines is 2. The van der Waals surface area contributed by atoms with Crippen LogP contribution in [0.25, 0.3) is 0 Å². The Bertz CT molecular complexity index is 1060. The number of nitrogens with one attached hydrogen (secondary N) is 2. The molecule has 0 bridgehead atoms. The van der Waals surface area contributed by atoms with Crippen LogP contribution in [0.3, 0.4) is 0 Å². The largest absolute Gasteiger partial charge is 0.326 e. The molecule has 2 N–H and O–H groups in total. The van der Waals surface area contributed by atoms with Gasteiger partial charge in [0.15, 0.2) is 0 Å². The van der Waals surface area contributed by atoms with E-state index in [-0.39, 0.29) is 10.8 Å². The van der Waals surface area contributed by atoms with Gasteiger partial charge in [0.25, 0.3) is 10.0 Å². The van der Waals surface area contributed by atoms with Gasteiger partial charge in [0.1, 0.15) is 0 Å². The Morgan fingerprint density at radius 2 is 1.52 bits per heavy atom. The van der Waals surface area contributed by atoms with Crippen molar-refractivity contribution < 1.29 is 13.2 Å². The number of thioether (sulfide) groups is 1. The van der Waals surface area contributed by atoms with Gasteiger partial charge in [-0.1, -0.05) is 29.8 Å². The summed E-state index contributed by atoms with van der Waals surface area (Å²) in [4.78, 5) is 13.3. The van der Waals surface area contributed by atoms with Crippen LogP contribution in [0.4, 0.5) is 11.4 Å². The van der Waals surface area contributed by atoms with Crippen molar-refractivity contribution in [2.45, 2.75) is 16.2 Å². The molecule has 8 heteroatoms. The molecular formula is C21H19ClN2O3S2. The van der Waals surface area contributed by atoms with Crippen molar-refractivity contribution in [1.82, 2.24) is 0 Å². The van der Waals surface area contributed by atoms with Crippen molar-refractivity contribution in [1.29, 1.82) is 0 Å². The highest BCUT2D eigenvalue weighted by molar-refractivity contribution is 7.99. The van der Waals surface area contributed by atoms with Gasteiger partial charge in [-0.15, -0.1) is 11.8 Å². The quantitative estimate of drug-likeness (QED) is 0.462. The maximum absolute atomic E-state index is 12.4. The summed E-state index contributed by atoms with van der Waals surface area (Å²) in [6, 6.07) is 22.2. The van der Waals surface area contributed by atoms with Crippen LogP contribution in [0.5, 0.6) is 0 Å². The molecule has 1 amide bonds. The van der Waals surface area contributed by atoms with E-state index < -0.39 is 10.0 Å². The normalized spacial score (nSPS) is 11.1. The smallest absolute Gasteiger partial charge is 0.261 e. The van der Waals surface area contributed by atoms with Crippen LogP contribution in [-0.2, 0) is 14.8 Å². The summed E-state index contributed by atoms with van der Waals surface area (Å²) in [6.45, 7) is 0. The summed E-state index contributed by atoms with van der Waals surface area (Å²) < 4.78 is 27.4. The minimum atomic E-state index is -3.68. The Morgan fingerprint density at radius 1 is 0.862 bits per heavy atom. The molecule has 3 aromatic carbocycles. The summed E-state index contributed by atoms with van der Waals surface area (Å²) in [7, 11) is -3.68. The fourth-order valence-corrected chi connectivity index (χ4v) is 4.49. The van der Waals surface area contributed by atoms with E-state index in [2.05, 4.69) is 10.0 Å². The molecule has 150 valence electrons. The Hall–Kier alpha value is -2.48. The van der Waals surface area contributed by atoms with Crippen molar-refractivity contribution in [3.05, 3.63) is 83.9 Å². The van der Waals surface area contributed by atoms with Crippen molar-refractivity contribution >= 4 is 50.7 Å². The van der Waals surface area contributed by atoms with Crippen molar-refractivity contribution in [3.63, 3.8) is 0 Å². The predicted molar refractivity (Wildman–Crippen MR) is 119 cm³/mol. The second kappa shape index (κ2) is 9.82. The van der Waals surface area contributed by atoms with E-state index in [1.807, 2.05) is 30.3 Å². The maximum atomic E-state index is 12.4. The zero-order chi connectivity index (χ0) is 20.7. The van der Waals surface area contributed by atoms with Crippen LogP contribution in [0.15, 0.2) is 88.7 Å². The lowest BCUT2D eigenvalue weighted by atomic mass is 10.3. The summed E-state index contributed by atoms with van der Waals surface area (Å²) in [6.07, 6.45) is 0.336. The molecule has 0 spiro atoms. The van der Waals surface area contributed by atoms with E-state index in [0.717, 1.165) is 4.90 Å². The number of halogens is 1. The predicted octanol–water partition coefficient (Wildman–Crippen LogP) is 5.26. The number of rotatable bonds is 8. The van der Waals surface area contributed by atoms with Crippen molar-refractivity contribution in [3.8, 4) is 0 Å². The monoisotopic (exact) mass is 446 g/mol. The third kappa shape index (κ3) is 6.52. The molecule has 0 aromatic heterocycles. The second-order valence-corrected chi connectivity index (χ2v) is 9.38. The molecule has 5 nitrogen and oxygen atoms in total.